The third-order valence-electron chi connectivity index (χ3n) is 3.26. The summed E-state index contributed by atoms with van der Waals surface area (Å²) >= 11 is 0. The molecule has 1 fully saturated rings. The molecule has 0 aromatic carbocycles. The average Bonchev–Trinajstić information content (AvgIpc) is 2.59. The molecule has 1 N–H and O–H groups in total. The quantitative estimate of drug-likeness (QED) is 0.765. The van der Waals surface area contributed by atoms with E-state index in [9.17, 15) is 4.79 Å². The van der Waals surface area contributed by atoms with Gasteiger partial charge in [-0.2, -0.15) is 0 Å². The molecule has 0 aromatic rings. The van der Waals surface area contributed by atoms with E-state index in [1.165, 1.54) is 0 Å². The van der Waals surface area contributed by atoms with E-state index in [1.54, 1.807) is 0 Å². The summed E-state index contributed by atoms with van der Waals surface area (Å²) in [5.41, 5.74) is 0. The summed E-state index contributed by atoms with van der Waals surface area (Å²) < 4.78 is 0. The molecule has 2 unspecified atom stereocenters. The van der Waals surface area contributed by atoms with E-state index in [-0.39, 0.29) is 5.92 Å². The van der Waals surface area contributed by atoms with Gasteiger partial charge in [0.15, 0.2) is 0 Å². The highest BCUT2D eigenvalue weighted by atomic mass is 16.2. The molecule has 1 aliphatic rings. The van der Waals surface area contributed by atoms with Crippen LogP contribution in [-0.4, -0.2) is 37.0 Å². The molecule has 1 amide bonds. The van der Waals surface area contributed by atoms with E-state index in [2.05, 4.69) is 26.1 Å². The van der Waals surface area contributed by atoms with Crippen LogP contribution < -0.4 is 5.32 Å². The third kappa shape index (κ3) is 3.49. The first-order chi connectivity index (χ1) is 7.02. The van der Waals surface area contributed by atoms with Crippen LogP contribution >= 0.6 is 0 Å². The van der Waals surface area contributed by atoms with Crippen LogP contribution in [0.25, 0.3) is 0 Å². The van der Waals surface area contributed by atoms with Gasteiger partial charge in [-0.25, -0.2) is 0 Å². The monoisotopic (exact) mass is 212 g/mol. The fourth-order valence-electron chi connectivity index (χ4n) is 2.04. The maximum absolute atomic E-state index is 12.1. The summed E-state index contributed by atoms with van der Waals surface area (Å²) in [6.45, 7) is 8.36. The van der Waals surface area contributed by atoms with Crippen molar-refractivity contribution in [3.05, 3.63) is 0 Å². The van der Waals surface area contributed by atoms with E-state index in [1.807, 2.05) is 11.9 Å². The average molecular weight is 212 g/mol. The van der Waals surface area contributed by atoms with Gasteiger partial charge in [0.2, 0.25) is 5.91 Å². The minimum Gasteiger partial charge on any atom is -0.345 e. The molecule has 0 bridgehead atoms. The Bertz CT molecular complexity index is 216. The fraction of sp³-hybridized carbons (Fsp3) is 0.917. The molecule has 3 heteroatoms. The van der Waals surface area contributed by atoms with Crippen molar-refractivity contribution in [2.75, 3.05) is 20.1 Å². The zero-order valence-electron chi connectivity index (χ0n) is 10.4. The largest absolute Gasteiger partial charge is 0.345 e. The zero-order valence-corrected chi connectivity index (χ0v) is 10.4. The first kappa shape index (κ1) is 12.5. The zero-order chi connectivity index (χ0) is 11.4. The number of carbonyl (C=O) groups excluding carboxylic acids is 1. The second-order valence-corrected chi connectivity index (χ2v) is 5.08. The lowest BCUT2D eigenvalue weighted by Gasteiger charge is -2.23. The first-order valence-corrected chi connectivity index (χ1v) is 6.00. The highest BCUT2D eigenvalue weighted by Gasteiger charge is 2.31. The Labute approximate surface area is 93.2 Å². The fourth-order valence-corrected chi connectivity index (χ4v) is 2.04. The topological polar surface area (TPSA) is 32.3 Å². The SMILES string of the molecule is CC(C)CCN(C)C(=O)C1CCNC1C. The van der Waals surface area contributed by atoms with Gasteiger partial charge in [0.05, 0.1) is 5.92 Å². The van der Waals surface area contributed by atoms with Gasteiger partial charge < -0.3 is 10.2 Å². The van der Waals surface area contributed by atoms with Crippen LogP contribution in [0.1, 0.15) is 33.6 Å². The molecule has 0 radical (unpaired) electrons. The molecule has 0 aromatic heterocycles. The molecule has 2 atom stereocenters. The summed E-state index contributed by atoms with van der Waals surface area (Å²) in [6.07, 6.45) is 2.09. The Hall–Kier alpha value is -0.570. The molecule has 1 rings (SSSR count). The van der Waals surface area contributed by atoms with Crippen LogP contribution in [0.3, 0.4) is 0 Å². The number of carbonyl (C=O) groups is 1. The van der Waals surface area contributed by atoms with Crippen molar-refractivity contribution in [3.8, 4) is 0 Å². The minimum atomic E-state index is 0.196. The lowest BCUT2D eigenvalue weighted by atomic mass is 10.0. The Kier molecular flexibility index (Phi) is 4.58. The highest BCUT2D eigenvalue weighted by Crippen LogP contribution is 2.17. The normalized spacial score (nSPS) is 25.9. The summed E-state index contributed by atoms with van der Waals surface area (Å²) in [7, 11) is 1.93. The number of nitrogens with one attached hydrogen (secondary N) is 1. The highest BCUT2D eigenvalue weighted by molar-refractivity contribution is 5.79. The van der Waals surface area contributed by atoms with Crippen molar-refractivity contribution in [2.45, 2.75) is 39.7 Å². The standard InChI is InChI=1S/C12H24N2O/c1-9(2)6-8-14(4)12(15)11-5-7-13-10(11)3/h9-11,13H,5-8H2,1-4H3. The van der Waals surface area contributed by atoms with Crippen molar-refractivity contribution in [3.63, 3.8) is 0 Å². The lowest BCUT2D eigenvalue weighted by Crippen LogP contribution is -2.38. The van der Waals surface area contributed by atoms with E-state index in [4.69, 9.17) is 0 Å². The third-order valence-corrected chi connectivity index (χ3v) is 3.26. The molecule has 15 heavy (non-hydrogen) atoms. The Morgan fingerprint density at radius 1 is 1.53 bits per heavy atom. The van der Waals surface area contributed by atoms with Crippen molar-refractivity contribution in [1.29, 1.82) is 0 Å². The van der Waals surface area contributed by atoms with Gasteiger partial charge in [-0.1, -0.05) is 13.8 Å². The maximum atomic E-state index is 12.1. The molecular weight excluding hydrogens is 188 g/mol. The summed E-state index contributed by atoms with van der Waals surface area (Å²) in [5, 5.41) is 3.32. The van der Waals surface area contributed by atoms with Crippen LogP contribution in [0.2, 0.25) is 0 Å². The van der Waals surface area contributed by atoms with Crippen molar-refractivity contribution in [1.82, 2.24) is 10.2 Å². The van der Waals surface area contributed by atoms with Crippen LogP contribution in [-0.2, 0) is 4.79 Å². The second kappa shape index (κ2) is 5.50. The molecular formula is C12H24N2O. The Morgan fingerprint density at radius 2 is 2.20 bits per heavy atom. The van der Waals surface area contributed by atoms with Gasteiger partial charge in [-0.15, -0.1) is 0 Å². The Morgan fingerprint density at radius 3 is 2.67 bits per heavy atom. The van der Waals surface area contributed by atoms with Gasteiger partial charge in [0.25, 0.3) is 0 Å². The van der Waals surface area contributed by atoms with E-state index in [0.717, 1.165) is 25.9 Å². The van der Waals surface area contributed by atoms with Gasteiger partial charge in [-0.05, 0) is 32.2 Å². The maximum Gasteiger partial charge on any atom is 0.227 e. The molecule has 1 aliphatic heterocycles. The van der Waals surface area contributed by atoms with Gasteiger partial charge in [-0.3, -0.25) is 4.79 Å². The smallest absolute Gasteiger partial charge is 0.227 e. The molecule has 0 saturated carbocycles. The number of hydrogen-bond donors (Lipinski definition) is 1. The van der Waals surface area contributed by atoms with Crippen molar-refractivity contribution < 1.29 is 4.79 Å². The second-order valence-electron chi connectivity index (χ2n) is 5.08. The van der Waals surface area contributed by atoms with Crippen molar-refractivity contribution >= 4 is 5.91 Å². The molecule has 0 aliphatic carbocycles. The molecule has 0 spiro atoms. The minimum absolute atomic E-state index is 0.196. The van der Waals surface area contributed by atoms with Crippen molar-refractivity contribution in [2.24, 2.45) is 11.8 Å². The van der Waals surface area contributed by atoms with Crippen LogP contribution in [0, 0.1) is 11.8 Å². The first-order valence-electron chi connectivity index (χ1n) is 6.00. The van der Waals surface area contributed by atoms with Crippen LogP contribution in [0.15, 0.2) is 0 Å². The Balaban J connectivity index is 2.38. The van der Waals surface area contributed by atoms with E-state index in [0.29, 0.717) is 17.9 Å². The van der Waals surface area contributed by atoms with E-state index >= 15 is 0 Å². The van der Waals surface area contributed by atoms with Crippen LogP contribution in [0.4, 0.5) is 0 Å². The number of nitrogens with zero attached hydrogens (tertiary/aromatic N) is 1. The van der Waals surface area contributed by atoms with Crippen LogP contribution in [0.5, 0.6) is 0 Å². The van der Waals surface area contributed by atoms with E-state index < -0.39 is 0 Å². The predicted molar refractivity (Wildman–Crippen MR) is 62.7 cm³/mol. The summed E-state index contributed by atoms with van der Waals surface area (Å²) in [6, 6.07) is 0.346. The molecule has 1 heterocycles. The number of hydrogen-bond acceptors (Lipinski definition) is 2. The summed E-state index contributed by atoms with van der Waals surface area (Å²) in [5.74, 6) is 1.18. The van der Waals surface area contributed by atoms with Gasteiger partial charge in [0, 0.05) is 19.6 Å². The summed E-state index contributed by atoms with van der Waals surface area (Å²) in [4.78, 5) is 14.0. The molecule has 1 saturated heterocycles. The number of amides is 1. The lowest BCUT2D eigenvalue weighted by molar-refractivity contribution is -0.134. The van der Waals surface area contributed by atoms with Gasteiger partial charge in [0.1, 0.15) is 0 Å². The molecule has 88 valence electrons. The number of rotatable bonds is 4. The predicted octanol–water partition coefficient (Wildman–Crippen LogP) is 1.49. The van der Waals surface area contributed by atoms with Gasteiger partial charge >= 0.3 is 0 Å². The molecule has 3 nitrogen and oxygen atoms in total.